The molecule has 0 fully saturated rings. The third kappa shape index (κ3) is 3.59. The highest BCUT2D eigenvalue weighted by molar-refractivity contribution is 7.98. The molecule has 0 N–H and O–H groups in total. The minimum atomic E-state index is 0.309. The van der Waals surface area contributed by atoms with Gasteiger partial charge in [-0.2, -0.15) is 5.26 Å². The summed E-state index contributed by atoms with van der Waals surface area (Å²) >= 11 is 3.28. The number of benzene rings is 1. The van der Waals surface area contributed by atoms with E-state index in [9.17, 15) is 0 Å². The Hall–Kier alpha value is -1.31. The van der Waals surface area contributed by atoms with Crippen LogP contribution >= 0.6 is 23.1 Å². The zero-order valence-electron chi connectivity index (χ0n) is 11.3. The van der Waals surface area contributed by atoms with Crippen molar-refractivity contribution in [3.63, 3.8) is 0 Å². The lowest BCUT2D eigenvalue weighted by Gasteiger charge is -2.00. The molecular weight excluding hydrogens is 272 g/mol. The molecule has 2 rings (SSSR count). The smallest absolute Gasteiger partial charge is 0.128 e. The zero-order valence-corrected chi connectivity index (χ0v) is 12.9. The molecule has 0 spiro atoms. The molecule has 0 bridgehead atoms. The molecule has 1 aromatic heterocycles. The number of thiazole rings is 1. The maximum absolute atomic E-state index is 9.11. The number of hydrogen-bond donors (Lipinski definition) is 0. The lowest BCUT2D eigenvalue weighted by atomic mass is 10.1. The number of aryl methyl sites for hydroxylation is 1. The van der Waals surface area contributed by atoms with Crippen molar-refractivity contribution >= 4 is 23.1 Å². The number of hydrogen-bond acceptors (Lipinski definition) is 4. The summed E-state index contributed by atoms with van der Waals surface area (Å²) in [5.41, 5.74) is 2.21. The minimum Gasteiger partial charge on any atom is -0.244 e. The van der Waals surface area contributed by atoms with Gasteiger partial charge in [-0.1, -0.05) is 31.5 Å². The molecule has 2 nitrogen and oxygen atoms in total. The topological polar surface area (TPSA) is 36.7 Å². The van der Waals surface area contributed by atoms with Gasteiger partial charge in [0.05, 0.1) is 11.4 Å². The Bertz CT molecular complexity index is 592. The molecule has 0 aliphatic carbocycles. The molecule has 0 aliphatic rings. The highest BCUT2D eigenvalue weighted by Crippen LogP contribution is 2.29. The van der Waals surface area contributed by atoms with E-state index in [1.807, 2.05) is 0 Å². The van der Waals surface area contributed by atoms with Crippen LogP contribution in [-0.2, 0) is 5.75 Å². The van der Waals surface area contributed by atoms with Crippen molar-refractivity contribution in [3.8, 4) is 6.07 Å². The maximum atomic E-state index is 9.11. The van der Waals surface area contributed by atoms with Gasteiger partial charge >= 0.3 is 0 Å². The molecule has 2 aromatic rings. The molecule has 0 amide bonds. The van der Waals surface area contributed by atoms with Gasteiger partial charge < -0.3 is 0 Å². The van der Waals surface area contributed by atoms with Gasteiger partial charge in [-0.3, -0.25) is 0 Å². The lowest BCUT2D eigenvalue weighted by Crippen LogP contribution is -1.91. The molecule has 4 heteroatoms. The fourth-order valence-electron chi connectivity index (χ4n) is 1.69. The second kappa shape index (κ2) is 6.23. The van der Waals surface area contributed by atoms with Crippen LogP contribution in [0.3, 0.4) is 0 Å². The average Bonchev–Trinajstić information content (AvgIpc) is 2.81. The Morgan fingerprint density at radius 3 is 2.53 bits per heavy atom. The van der Waals surface area contributed by atoms with Crippen LogP contribution in [0.2, 0.25) is 0 Å². The summed E-state index contributed by atoms with van der Waals surface area (Å²) in [5.74, 6) is 1.14. The zero-order chi connectivity index (χ0) is 13.8. The Labute approximate surface area is 122 Å². The van der Waals surface area contributed by atoms with Gasteiger partial charge in [-0.05, 0) is 25.0 Å². The van der Waals surface area contributed by atoms with Crippen LogP contribution in [0.1, 0.15) is 40.9 Å². The minimum absolute atomic E-state index is 0.309. The third-order valence-electron chi connectivity index (χ3n) is 2.73. The first-order valence-corrected chi connectivity index (χ1v) is 7.99. The first kappa shape index (κ1) is 14.1. The summed E-state index contributed by atoms with van der Waals surface area (Å²) in [5, 5.41) is 10.1. The van der Waals surface area contributed by atoms with E-state index in [-0.39, 0.29) is 0 Å². The molecule has 0 saturated heterocycles. The Morgan fingerprint density at radius 1 is 1.32 bits per heavy atom. The molecule has 0 radical (unpaired) electrons. The Morgan fingerprint density at radius 2 is 2.00 bits per heavy atom. The molecule has 0 aliphatic heterocycles. The lowest BCUT2D eigenvalue weighted by molar-refractivity contribution is 0.824. The number of thioether (sulfide) groups is 1. The van der Waals surface area contributed by atoms with Gasteiger partial charge in [0, 0.05) is 4.90 Å². The van der Waals surface area contributed by atoms with Gasteiger partial charge in [0.2, 0.25) is 0 Å². The summed E-state index contributed by atoms with van der Waals surface area (Å²) in [6.45, 7) is 6.24. The molecule has 98 valence electrons. The van der Waals surface area contributed by atoms with Crippen LogP contribution in [-0.4, -0.2) is 4.98 Å². The fraction of sp³-hybridized carbons (Fsp3) is 0.333. The van der Waals surface area contributed by atoms with E-state index in [1.165, 1.54) is 21.8 Å². The SMILES string of the molecule is Cc1ccc(SCc2nc(C(C)C)c(C#N)s2)cc1. The predicted octanol–water partition coefficient (Wildman–Crippen LogP) is 4.74. The number of nitrogens with zero attached hydrogens (tertiary/aromatic N) is 2. The quantitative estimate of drug-likeness (QED) is 0.762. The van der Waals surface area contributed by atoms with E-state index in [2.05, 4.69) is 56.1 Å². The second-order valence-corrected chi connectivity index (χ2v) is 6.82. The monoisotopic (exact) mass is 288 g/mol. The Balaban J connectivity index is 2.08. The summed E-state index contributed by atoms with van der Waals surface area (Å²) in [6, 6.07) is 10.7. The fourth-order valence-corrected chi connectivity index (χ4v) is 3.60. The van der Waals surface area contributed by atoms with Crippen molar-refractivity contribution in [1.82, 2.24) is 4.98 Å². The molecule has 0 atom stereocenters. The molecule has 1 heterocycles. The van der Waals surface area contributed by atoms with Crippen molar-refractivity contribution < 1.29 is 0 Å². The van der Waals surface area contributed by atoms with Crippen molar-refractivity contribution in [2.75, 3.05) is 0 Å². The molecule has 19 heavy (non-hydrogen) atoms. The summed E-state index contributed by atoms with van der Waals surface area (Å²) in [7, 11) is 0. The molecule has 0 unspecified atom stereocenters. The average molecular weight is 288 g/mol. The third-order valence-corrected chi connectivity index (χ3v) is 4.91. The van der Waals surface area contributed by atoms with Crippen molar-refractivity contribution in [2.45, 2.75) is 37.3 Å². The van der Waals surface area contributed by atoms with E-state index < -0.39 is 0 Å². The van der Waals surface area contributed by atoms with E-state index in [1.54, 1.807) is 11.8 Å². The van der Waals surface area contributed by atoms with Gasteiger partial charge in [0.25, 0.3) is 0 Å². The van der Waals surface area contributed by atoms with E-state index >= 15 is 0 Å². The van der Waals surface area contributed by atoms with Crippen molar-refractivity contribution in [3.05, 3.63) is 45.4 Å². The summed E-state index contributed by atoms with van der Waals surface area (Å²) in [6.07, 6.45) is 0. The van der Waals surface area contributed by atoms with Crippen LogP contribution in [0.15, 0.2) is 29.2 Å². The Kier molecular flexibility index (Phi) is 4.62. The number of aromatic nitrogens is 1. The van der Waals surface area contributed by atoms with Crippen molar-refractivity contribution in [1.29, 1.82) is 5.26 Å². The molecule has 1 aromatic carbocycles. The van der Waals surface area contributed by atoms with Crippen LogP contribution < -0.4 is 0 Å². The normalized spacial score (nSPS) is 10.7. The first-order valence-electron chi connectivity index (χ1n) is 6.19. The maximum Gasteiger partial charge on any atom is 0.128 e. The van der Waals surface area contributed by atoms with Crippen LogP contribution in [0.25, 0.3) is 0 Å². The van der Waals surface area contributed by atoms with Crippen LogP contribution in [0.4, 0.5) is 0 Å². The highest BCUT2D eigenvalue weighted by Gasteiger charge is 2.13. The second-order valence-electron chi connectivity index (χ2n) is 4.69. The van der Waals surface area contributed by atoms with Gasteiger partial charge in [0.1, 0.15) is 16.0 Å². The highest BCUT2D eigenvalue weighted by atomic mass is 32.2. The van der Waals surface area contributed by atoms with Crippen LogP contribution in [0, 0.1) is 18.3 Å². The van der Waals surface area contributed by atoms with E-state index in [4.69, 9.17) is 5.26 Å². The van der Waals surface area contributed by atoms with Gasteiger partial charge in [-0.15, -0.1) is 23.1 Å². The van der Waals surface area contributed by atoms with E-state index in [0.717, 1.165) is 21.3 Å². The van der Waals surface area contributed by atoms with E-state index in [0.29, 0.717) is 5.92 Å². The van der Waals surface area contributed by atoms with Gasteiger partial charge in [-0.25, -0.2) is 4.98 Å². The molecular formula is C15H16N2S2. The predicted molar refractivity (Wildman–Crippen MR) is 81.7 cm³/mol. The molecule has 0 saturated carbocycles. The number of rotatable bonds is 4. The van der Waals surface area contributed by atoms with Crippen LogP contribution in [0.5, 0.6) is 0 Å². The standard InChI is InChI=1S/C15H16N2S2/c1-10(2)15-13(8-16)19-14(17-15)9-18-12-6-4-11(3)5-7-12/h4-7,10H,9H2,1-3H3. The van der Waals surface area contributed by atoms with Crippen molar-refractivity contribution in [2.24, 2.45) is 0 Å². The first-order chi connectivity index (χ1) is 9.10. The number of nitriles is 1. The van der Waals surface area contributed by atoms with Gasteiger partial charge in [0.15, 0.2) is 0 Å². The largest absolute Gasteiger partial charge is 0.244 e. The summed E-state index contributed by atoms with van der Waals surface area (Å²) in [4.78, 5) is 6.59. The summed E-state index contributed by atoms with van der Waals surface area (Å²) < 4.78 is 0.